The Morgan fingerprint density at radius 3 is 2.67 bits per heavy atom. The Kier molecular flexibility index (Phi) is 4.50. The lowest BCUT2D eigenvalue weighted by Gasteiger charge is -2.07. The zero-order valence-corrected chi connectivity index (χ0v) is 13.3. The standard InChI is InChI=1S/C13H16N2O4S2/c1-8-11(13(16)17)15-9(2)12(8)21(18,19)14-5-3-10-4-6-20-7-10/h4,6-7,14-15H,3,5H2,1-2H3,(H,16,17). The Balaban J connectivity index is 2.18. The van der Waals surface area contributed by atoms with E-state index in [9.17, 15) is 13.2 Å². The minimum Gasteiger partial charge on any atom is -0.477 e. The highest BCUT2D eigenvalue weighted by molar-refractivity contribution is 7.89. The number of hydrogen-bond donors (Lipinski definition) is 3. The molecule has 0 unspecified atom stereocenters. The monoisotopic (exact) mass is 328 g/mol. The molecule has 3 N–H and O–H groups in total. The maximum absolute atomic E-state index is 12.3. The highest BCUT2D eigenvalue weighted by Crippen LogP contribution is 2.23. The largest absolute Gasteiger partial charge is 0.477 e. The summed E-state index contributed by atoms with van der Waals surface area (Å²) in [4.78, 5) is 13.7. The van der Waals surface area contributed by atoms with Gasteiger partial charge in [0.15, 0.2) is 0 Å². The second kappa shape index (κ2) is 6.00. The fourth-order valence-corrected chi connectivity index (χ4v) is 4.36. The highest BCUT2D eigenvalue weighted by atomic mass is 32.2. The van der Waals surface area contributed by atoms with E-state index in [1.54, 1.807) is 18.3 Å². The van der Waals surface area contributed by atoms with Crippen molar-refractivity contribution < 1.29 is 18.3 Å². The predicted octanol–water partition coefficient (Wildman–Crippen LogP) is 1.91. The van der Waals surface area contributed by atoms with Gasteiger partial charge in [-0.3, -0.25) is 0 Å². The number of sulfonamides is 1. The molecule has 2 heterocycles. The number of carboxylic acid groups (broad SMARTS) is 1. The van der Waals surface area contributed by atoms with Crippen molar-refractivity contribution in [2.24, 2.45) is 0 Å². The van der Waals surface area contributed by atoms with E-state index in [1.807, 2.05) is 16.8 Å². The molecule has 0 aliphatic carbocycles. The van der Waals surface area contributed by atoms with E-state index in [2.05, 4.69) is 9.71 Å². The number of carbonyl (C=O) groups is 1. The molecule has 114 valence electrons. The molecule has 8 heteroatoms. The zero-order valence-electron chi connectivity index (χ0n) is 11.6. The van der Waals surface area contributed by atoms with Crippen LogP contribution in [0.4, 0.5) is 0 Å². The molecule has 0 aliphatic rings. The third-order valence-corrected chi connectivity index (χ3v) is 5.60. The van der Waals surface area contributed by atoms with Crippen LogP contribution in [0.15, 0.2) is 21.7 Å². The van der Waals surface area contributed by atoms with E-state index in [0.717, 1.165) is 5.56 Å². The SMILES string of the molecule is Cc1[nH]c(C(=O)O)c(C)c1S(=O)(=O)NCCc1ccsc1. The fraction of sp³-hybridized carbons (Fsp3) is 0.308. The Bertz CT molecular complexity index is 745. The molecule has 0 atom stereocenters. The second-order valence-corrected chi connectivity index (χ2v) is 7.15. The Labute approximate surface area is 126 Å². The second-order valence-electron chi connectivity index (χ2n) is 4.66. The van der Waals surface area contributed by atoms with Crippen LogP contribution in [0.2, 0.25) is 0 Å². The van der Waals surface area contributed by atoms with E-state index < -0.39 is 16.0 Å². The van der Waals surface area contributed by atoms with Crippen LogP contribution in [0.25, 0.3) is 0 Å². The van der Waals surface area contributed by atoms with Gasteiger partial charge in [-0.15, -0.1) is 0 Å². The van der Waals surface area contributed by atoms with Crippen molar-refractivity contribution in [3.05, 3.63) is 39.3 Å². The first-order valence-corrected chi connectivity index (χ1v) is 8.68. The molecule has 0 aromatic carbocycles. The first kappa shape index (κ1) is 15.7. The summed E-state index contributed by atoms with van der Waals surface area (Å²) in [5, 5.41) is 12.9. The topological polar surface area (TPSA) is 99.3 Å². The molecule has 21 heavy (non-hydrogen) atoms. The first-order valence-electron chi connectivity index (χ1n) is 6.26. The molecule has 0 saturated carbocycles. The lowest BCUT2D eigenvalue weighted by Crippen LogP contribution is -2.26. The van der Waals surface area contributed by atoms with Crippen LogP contribution in [0.3, 0.4) is 0 Å². The minimum absolute atomic E-state index is 0.0187. The molecule has 0 aliphatic heterocycles. The smallest absolute Gasteiger partial charge is 0.352 e. The molecule has 0 spiro atoms. The van der Waals surface area contributed by atoms with E-state index in [-0.39, 0.29) is 22.7 Å². The number of aryl methyl sites for hydroxylation is 1. The number of nitrogens with one attached hydrogen (secondary N) is 2. The summed E-state index contributed by atoms with van der Waals surface area (Å²) >= 11 is 1.56. The van der Waals surface area contributed by atoms with Gasteiger partial charge in [0.2, 0.25) is 10.0 Å². The number of aromatic amines is 1. The van der Waals surface area contributed by atoms with Gasteiger partial charge in [0.25, 0.3) is 0 Å². The van der Waals surface area contributed by atoms with E-state index in [4.69, 9.17) is 5.11 Å². The molecule has 0 amide bonds. The Morgan fingerprint density at radius 1 is 1.43 bits per heavy atom. The molecular weight excluding hydrogens is 312 g/mol. The van der Waals surface area contributed by atoms with Crippen molar-refractivity contribution in [1.29, 1.82) is 0 Å². The van der Waals surface area contributed by atoms with Gasteiger partial charge >= 0.3 is 5.97 Å². The van der Waals surface area contributed by atoms with Gasteiger partial charge < -0.3 is 10.1 Å². The number of hydrogen-bond acceptors (Lipinski definition) is 4. The van der Waals surface area contributed by atoms with Crippen molar-refractivity contribution in [2.75, 3.05) is 6.54 Å². The molecule has 0 bridgehead atoms. The summed E-state index contributed by atoms with van der Waals surface area (Å²) in [7, 11) is -3.73. The average molecular weight is 328 g/mol. The number of aromatic nitrogens is 1. The van der Waals surface area contributed by atoms with Crippen molar-refractivity contribution in [1.82, 2.24) is 9.71 Å². The van der Waals surface area contributed by atoms with Gasteiger partial charge in [0, 0.05) is 17.8 Å². The van der Waals surface area contributed by atoms with Gasteiger partial charge in [-0.05, 0) is 42.7 Å². The van der Waals surface area contributed by atoms with Crippen molar-refractivity contribution in [2.45, 2.75) is 25.2 Å². The molecule has 0 fully saturated rings. The van der Waals surface area contributed by atoms with E-state index in [1.165, 1.54) is 6.92 Å². The number of aromatic carboxylic acids is 1. The third kappa shape index (κ3) is 3.34. The normalized spacial score (nSPS) is 11.7. The van der Waals surface area contributed by atoms with Crippen molar-refractivity contribution in [3.8, 4) is 0 Å². The van der Waals surface area contributed by atoms with Gasteiger partial charge in [0.05, 0.1) is 0 Å². The summed E-state index contributed by atoms with van der Waals surface area (Å²) in [6.07, 6.45) is 0.594. The summed E-state index contributed by atoms with van der Waals surface area (Å²) in [5.41, 5.74) is 1.53. The van der Waals surface area contributed by atoms with Crippen LogP contribution in [-0.2, 0) is 16.4 Å². The summed E-state index contributed by atoms with van der Waals surface area (Å²) in [5.74, 6) is -1.17. The van der Waals surface area contributed by atoms with Gasteiger partial charge in [0.1, 0.15) is 10.6 Å². The molecule has 2 rings (SSSR count). The minimum atomic E-state index is -3.73. The number of thiophene rings is 1. The molecule has 6 nitrogen and oxygen atoms in total. The van der Waals surface area contributed by atoms with Crippen molar-refractivity contribution >= 4 is 27.3 Å². The molecule has 0 radical (unpaired) electrons. The predicted molar refractivity (Wildman–Crippen MR) is 80.4 cm³/mol. The lowest BCUT2D eigenvalue weighted by molar-refractivity contribution is 0.0690. The van der Waals surface area contributed by atoms with Crippen LogP contribution in [0, 0.1) is 13.8 Å². The van der Waals surface area contributed by atoms with Gasteiger partial charge in [-0.1, -0.05) is 0 Å². The molecular formula is C13H16N2O4S2. The average Bonchev–Trinajstić information content (AvgIpc) is 2.97. The molecule has 0 saturated heterocycles. The zero-order chi connectivity index (χ0) is 15.6. The van der Waals surface area contributed by atoms with Crippen molar-refractivity contribution in [3.63, 3.8) is 0 Å². The summed E-state index contributed by atoms with van der Waals surface area (Å²) in [6.45, 7) is 3.30. The summed E-state index contributed by atoms with van der Waals surface area (Å²) in [6, 6.07) is 1.94. The van der Waals surface area contributed by atoms with Crippen LogP contribution in [0.5, 0.6) is 0 Å². The van der Waals surface area contributed by atoms with Crippen LogP contribution >= 0.6 is 11.3 Å². The quantitative estimate of drug-likeness (QED) is 0.754. The van der Waals surface area contributed by atoms with E-state index in [0.29, 0.717) is 12.1 Å². The third-order valence-electron chi connectivity index (χ3n) is 3.14. The van der Waals surface area contributed by atoms with Crippen LogP contribution in [0.1, 0.15) is 27.3 Å². The molecule has 2 aromatic heterocycles. The Morgan fingerprint density at radius 2 is 2.14 bits per heavy atom. The van der Waals surface area contributed by atoms with Gasteiger partial charge in [-0.2, -0.15) is 11.3 Å². The summed E-state index contributed by atoms with van der Waals surface area (Å²) < 4.78 is 27.1. The number of rotatable bonds is 6. The maximum atomic E-state index is 12.3. The van der Waals surface area contributed by atoms with Gasteiger partial charge in [-0.25, -0.2) is 17.9 Å². The number of carboxylic acids is 1. The maximum Gasteiger partial charge on any atom is 0.352 e. The highest BCUT2D eigenvalue weighted by Gasteiger charge is 2.25. The molecule has 2 aromatic rings. The van der Waals surface area contributed by atoms with Crippen LogP contribution < -0.4 is 4.72 Å². The lowest BCUT2D eigenvalue weighted by atomic mass is 10.2. The Hall–Kier alpha value is -1.64. The van der Waals surface area contributed by atoms with Crippen LogP contribution in [-0.4, -0.2) is 31.0 Å². The van der Waals surface area contributed by atoms with E-state index >= 15 is 0 Å². The number of H-pyrrole nitrogens is 1. The fourth-order valence-electron chi connectivity index (χ4n) is 2.19. The first-order chi connectivity index (χ1) is 9.83.